The number of hydrogen-bond acceptors (Lipinski definition) is 4. The van der Waals surface area contributed by atoms with E-state index in [0.717, 1.165) is 16.9 Å². The zero-order valence-corrected chi connectivity index (χ0v) is 15.3. The molecule has 1 unspecified atom stereocenters. The van der Waals surface area contributed by atoms with Crippen LogP contribution in [0, 0.1) is 5.82 Å². The van der Waals surface area contributed by atoms with E-state index in [-0.39, 0.29) is 24.9 Å². The number of alkyl halides is 1. The van der Waals surface area contributed by atoms with Gasteiger partial charge in [0.15, 0.2) is 5.82 Å². The standard InChI is InChI=1S/C17H15BrF2N4O2/c1-9(19)14-7-24(16(26)12-3-2-10(18)4-13(12)14)8-15(25)23-17-21-5-11(20)6-22-17/h2-6,9,14H,7-8H2,1H3,(H,21,22,23,25)/t9-,14?/m0/s1. The minimum Gasteiger partial charge on any atom is -0.329 e. The third-order valence-corrected chi connectivity index (χ3v) is 4.60. The largest absolute Gasteiger partial charge is 0.329 e. The molecule has 1 aliphatic heterocycles. The third-order valence-electron chi connectivity index (χ3n) is 4.11. The summed E-state index contributed by atoms with van der Waals surface area (Å²) in [7, 11) is 0. The van der Waals surface area contributed by atoms with E-state index in [4.69, 9.17) is 0 Å². The van der Waals surface area contributed by atoms with Gasteiger partial charge in [-0.1, -0.05) is 15.9 Å². The van der Waals surface area contributed by atoms with Crippen LogP contribution in [0.5, 0.6) is 0 Å². The predicted octanol–water partition coefficient (Wildman–Crippen LogP) is 2.91. The van der Waals surface area contributed by atoms with Gasteiger partial charge in [0.05, 0.1) is 12.4 Å². The van der Waals surface area contributed by atoms with Crippen LogP contribution in [0.25, 0.3) is 0 Å². The van der Waals surface area contributed by atoms with Crippen molar-refractivity contribution in [1.82, 2.24) is 14.9 Å². The quantitative estimate of drug-likeness (QED) is 0.818. The van der Waals surface area contributed by atoms with Gasteiger partial charge in [-0.3, -0.25) is 14.9 Å². The smallest absolute Gasteiger partial charge is 0.254 e. The van der Waals surface area contributed by atoms with E-state index in [1.54, 1.807) is 18.2 Å². The first-order valence-electron chi connectivity index (χ1n) is 7.85. The third kappa shape index (κ3) is 3.87. The van der Waals surface area contributed by atoms with Crippen molar-refractivity contribution in [2.75, 3.05) is 18.4 Å². The molecule has 26 heavy (non-hydrogen) atoms. The monoisotopic (exact) mass is 424 g/mol. The van der Waals surface area contributed by atoms with E-state index in [2.05, 4.69) is 31.2 Å². The van der Waals surface area contributed by atoms with E-state index in [1.165, 1.54) is 11.8 Å². The molecule has 136 valence electrons. The lowest BCUT2D eigenvalue weighted by Crippen LogP contribution is -2.45. The fourth-order valence-electron chi connectivity index (χ4n) is 2.87. The van der Waals surface area contributed by atoms with E-state index >= 15 is 0 Å². The van der Waals surface area contributed by atoms with Gasteiger partial charge in [0.1, 0.15) is 12.7 Å². The summed E-state index contributed by atoms with van der Waals surface area (Å²) in [5.74, 6) is -2.12. The van der Waals surface area contributed by atoms with Gasteiger partial charge >= 0.3 is 0 Å². The average molecular weight is 425 g/mol. The van der Waals surface area contributed by atoms with Crippen LogP contribution in [-0.2, 0) is 4.79 Å². The van der Waals surface area contributed by atoms with E-state index < -0.39 is 23.8 Å². The number of aromatic nitrogens is 2. The predicted molar refractivity (Wildman–Crippen MR) is 94.0 cm³/mol. The Kier molecular flexibility index (Phi) is 5.26. The van der Waals surface area contributed by atoms with E-state index in [9.17, 15) is 18.4 Å². The summed E-state index contributed by atoms with van der Waals surface area (Å²) in [5.41, 5.74) is 0.998. The topological polar surface area (TPSA) is 75.2 Å². The van der Waals surface area contributed by atoms with Gasteiger partial charge in [0, 0.05) is 22.5 Å². The Morgan fingerprint density at radius 1 is 1.42 bits per heavy atom. The Hall–Kier alpha value is -2.42. The Morgan fingerprint density at radius 2 is 2.12 bits per heavy atom. The first-order valence-corrected chi connectivity index (χ1v) is 8.64. The molecule has 6 nitrogen and oxygen atoms in total. The van der Waals surface area contributed by atoms with Crippen molar-refractivity contribution in [3.8, 4) is 0 Å². The highest BCUT2D eigenvalue weighted by Crippen LogP contribution is 2.33. The number of rotatable bonds is 4. The maximum atomic E-state index is 14.1. The zero-order chi connectivity index (χ0) is 18.8. The Labute approximate surface area is 156 Å². The Bertz CT molecular complexity index is 845. The average Bonchev–Trinajstić information content (AvgIpc) is 2.59. The van der Waals surface area contributed by atoms with Crippen LogP contribution in [0.3, 0.4) is 0 Å². The lowest BCUT2D eigenvalue weighted by Gasteiger charge is -2.34. The van der Waals surface area contributed by atoms with Gasteiger partial charge < -0.3 is 4.90 Å². The molecule has 0 spiro atoms. The highest BCUT2D eigenvalue weighted by Gasteiger charge is 2.35. The normalized spacial score (nSPS) is 17.6. The van der Waals surface area contributed by atoms with Gasteiger partial charge in [0.25, 0.3) is 5.91 Å². The lowest BCUT2D eigenvalue weighted by molar-refractivity contribution is -0.117. The molecule has 2 aromatic rings. The van der Waals surface area contributed by atoms with E-state index in [1.807, 2.05) is 0 Å². The van der Waals surface area contributed by atoms with Crippen LogP contribution in [0.15, 0.2) is 35.1 Å². The molecule has 9 heteroatoms. The number of carbonyl (C=O) groups is 2. The summed E-state index contributed by atoms with van der Waals surface area (Å²) < 4.78 is 27.7. The molecule has 0 aliphatic carbocycles. The number of carbonyl (C=O) groups excluding carboxylic acids is 2. The van der Waals surface area contributed by atoms with Crippen molar-refractivity contribution in [2.24, 2.45) is 0 Å². The molecule has 2 atom stereocenters. The van der Waals surface area contributed by atoms with Crippen molar-refractivity contribution < 1.29 is 18.4 Å². The molecule has 3 rings (SSSR count). The number of anilines is 1. The number of nitrogens with one attached hydrogen (secondary N) is 1. The molecule has 0 saturated carbocycles. The number of benzene rings is 1. The Balaban J connectivity index is 1.78. The number of hydrogen-bond donors (Lipinski definition) is 1. The fraction of sp³-hybridized carbons (Fsp3) is 0.294. The number of fused-ring (bicyclic) bond motifs is 1. The molecule has 2 heterocycles. The highest BCUT2D eigenvalue weighted by molar-refractivity contribution is 9.10. The lowest BCUT2D eigenvalue weighted by atomic mass is 9.86. The Morgan fingerprint density at radius 3 is 2.77 bits per heavy atom. The van der Waals surface area contributed by atoms with Crippen molar-refractivity contribution in [1.29, 1.82) is 0 Å². The molecule has 1 aromatic carbocycles. The van der Waals surface area contributed by atoms with Crippen molar-refractivity contribution in [2.45, 2.75) is 19.0 Å². The van der Waals surface area contributed by atoms with Crippen LogP contribution < -0.4 is 5.32 Å². The van der Waals surface area contributed by atoms with Crippen LogP contribution in [0.2, 0.25) is 0 Å². The molecule has 0 bridgehead atoms. The molecule has 0 fully saturated rings. The minimum absolute atomic E-state index is 0.0689. The summed E-state index contributed by atoms with van der Waals surface area (Å²) in [6, 6.07) is 5.05. The second-order valence-electron chi connectivity index (χ2n) is 5.97. The van der Waals surface area contributed by atoms with Gasteiger partial charge in [-0.2, -0.15) is 0 Å². The van der Waals surface area contributed by atoms with Crippen molar-refractivity contribution >= 4 is 33.7 Å². The van der Waals surface area contributed by atoms with Gasteiger partial charge in [-0.15, -0.1) is 0 Å². The van der Waals surface area contributed by atoms with E-state index in [0.29, 0.717) is 11.1 Å². The first-order chi connectivity index (χ1) is 12.3. The second-order valence-corrected chi connectivity index (χ2v) is 6.89. The molecular formula is C17H15BrF2N4O2. The number of nitrogens with zero attached hydrogens (tertiary/aromatic N) is 3. The molecule has 0 saturated heterocycles. The minimum atomic E-state index is -1.19. The van der Waals surface area contributed by atoms with Gasteiger partial charge in [-0.05, 0) is 30.7 Å². The summed E-state index contributed by atoms with van der Waals surface area (Å²) in [6.45, 7) is 1.23. The second kappa shape index (κ2) is 7.45. The fourth-order valence-corrected chi connectivity index (χ4v) is 3.25. The first kappa shape index (κ1) is 18.4. The molecule has 2 amide bonds. The van der Waals surface area contributed by atoms with Crippen molar-refractivity contribution in [3.05, 3.63) is 52.0 Å². The van der Waals surface area contributed by atoms with Crippen LogP contribution in [0.4, 0.5) is 14.7 Å². The van der Waals surface area contributed by atoms with Crippen LogP contribution in [-0.4, -0.2) is 45.9 Å². The SMILES string of the molecule is C[C@H](F)C1CN(CC(=O)Nc2ncc(F)cn2)C(=O)c2ccc(Br)cc21. The maximum absolute atomic E-state index is 14.1. The number of halogens is 3. The molecule has 1 N–H and O–H groups in total. The van der Waals surface area contributed by atoms with Crippen LogP contribution in [0.1, 0.15) is 28.8 Å². The zero-order valence-electron chi connectivity index (χ0n) is 13.7. The van der Waals surface area contributed by atoms with Gasteiger partial charge in [-0.25, -0.2) is 18.7 Å². The van der Waals surface area contributed by atoms with Gasteiger partial charge in [0.2, 0.25) is 11.9 Å². The number of amides is 2. The molecule has 1 aliphatic rings. The highest BCUT2D eigenvalue weighted by atomic mass is 79.9. The van der Waals surface area contributed by atoms with Crippen molar-refractivity contribution in [3.63, 3.8) is 0 Å². The molecule has 1 aromatic heterocycles. The summed E-state index contributed by atoms with van der Waals surface area (Å²) in [5, 5.41) is 2.39. The van der Waals surface area contributed by atoms with Crippen LogP contribution >= 0.6 is 15.9 Å². The maximum Gasteiger partial charge on any atom is 0.254 e. The summed E-state index contributed by atoms with van der Waals surface area (Å²) in [6.07, 6.45) is 0.648. The molecule has 0 radical (unpaired) electrons. The summed E-state index contributed by atoms with van der Waals surface area (Å²) in [4.78, 5) is 33.4. The summed E-state index contributed by atoms with van der Waals surface area (Å²) >= 11 is 3.33. The molecular weight excluding hydrogens is 410 g/mol.